The summed E-state index contributed by atoms with van der Waals surface area (Å²) in [6.45, 7) is 1.94. The van der Waals surface area contributed by atoms with Gasteiger partial charge in [0.1, 0.15) is 5.60 Å². The van der Waals surface area contributed by atoms with Crippen LogP contribution in [0, 0.1) is 23.2 Å². The van der Waals surface area contributed by atoms with E-state index in [1.807, 2.05) is 6.92 Å². The largest absolute Gasteiger partial charge is 0.458 e. The smallest absolute Gasteiger partial charge is 0.306 e. The van der Waals surface area contributed by atoms with Crippen molar-refractivity contribution >= 4 is 5.97 Å². The average molecular weight is 276 g/mol. The monoisotopic (exact) mass is 276 g/mol. The topological polar surface area (TPSA) is 26.3 Å². The zero-order valence-corrected chi connectivity index (χ0v) is 12.8. The van der Waals surface area contributed by atoms with Crippen LogP contribution in [0.1, 0.15) is 77.6 Å². The zero-order valence-electron chi connectivity index (χ0n) is 12.8. The molecule has 5 saturated carbocycles. The fourth-order valence-corrected chi connectivity index (χ4v) is 6.65. The average Bonchev–Trinajstić information content (AvgIpc) is 2.87. The number of ether oxygens (including phenoxy) is 1. The van der Waals surface area contributed by atoms with Crippen molar-refractivity contribution in [2.45, 2.75) is 83.2 Å². The Morgan fingerprint density at radius 2 is 1.50 bits per heavy atom. The van der Waals surface area contributed by atoms with Gasteiger partial charge in [-0.1, -0.05) is 6.92 Å². The number of hydrogen-bond donors (Lipinski definition) is 0. The second-order valence-corrected chi connectivity index (χ2v) is 8.23. The number of carbonyl (C=O) groups excluding carboxylic acids is 1. The van der Waals surface area contributed by atoms with E-state index in [0.29, 0.717) is 11.8 Å². The fourth-order valence-electron chi connectivity index (χ4n) is 6.65. The fraction of sp³-hybridized carbons (Fsp3) is 0.944. The molecular formula is C18H28O2. The van der Waals surface area contributed by atoms with E-state index in [2.05, 4.69) is 0 Å². The van der Waals surface area contributed by atoms with Crippen molar-refractivity contribution in [3.05, 3.63) is 0 Å². The van der Waals surface area contributed by atoms with Gasteiger partial charge < -0.3 is 4.74 Å². The lowest BCUT2D eigenvalue weighted by atomic mass is 9.45. The van der Waals surface area contributed by atoms with Crippen molar-refractivity contribution in [2.24, 2.45) is 23.2 Å². The van der Waals surface area contributed by atoms with Gasteiger partial charge in [0.2, 0.25) is 0 Å². The summed E-state index contributed by atoms with van der Waals surface area (Å²) >= 11 is 0. The Bertz CT molecular complexity index is 370. The van der Waals surface area contributed by atoms with E-state index in [4.69, 9.17) is 4.74 Å². The summed E-state index contributed by atoms with van der Waals surface area (Å²) in [6, 6.07) is 0. The highest BCUT2D eigenvalue weighted by Crippen LogP contribution is 2.67. The third-order valence-electron chi connectivity index (χ3n) is 7.01. The molecular weight excluding hydrogens is 248 g/mol. The minimum absolute atomic E-state index is 0.0441. The van der Waals surface area contributed by atoms with Gasteiger partial charge in [0.25, 0.3) is 0 Å². The summed E-state index contributed by atoms with van der Waals surface area (Å²) in [4.78, 5) is 12.0. The molecule has 0 aromatic heterocycles. The Hall–Kier alpha value is -0.530. The third-order valence-corrected chi connectivity index (χ3v) is 7.01. The normalized spacial score (nSPS) is 44.8. The van der Waals surface area contributed by atoms with Crippen LogP contribution in [-0.2, 0) is 9.53 Å². The maximum absolute atomic E-state index is 12.0. The molecule has 0 unspecified atom stereocenters. The van der Waals surface area contributed by atoms with Crippen LogP contribution >= 0.6 is 0 Å². The van der Waals surface area contributed by atoms with Crippen molar-refractivity contribution in [1.82, 2.24) is 0 Å². The molecule has 5 aliphatic rings. The molecule has 0 amide bonds. The molecule has 0 aliphatic heterocycles. The van der Waals surface area contributed by atoms with Gasteiger partial charge in [-0.15, -0.1) is 0 Å². The second-order valence-electron chi connectivity index (χ2n) is 8.23. The molecule has 5 rings (SSSR count). The van der Waals surface area contributed by atoms with Crippen LogP contribution in [0.5, 0.6) is 0 Å². The first-order chi connectivity index (χ1) is 9.65. The summed E-state index contributed by atoms with van der Waals surface area (Å²) in [5, 5.41) is 0. The van der Waals surface area contributed by atoms with Crippen LogP contribution in [0.3, 0.4) is 0 Å². The Balaban J connectivity index is 1.67. The van der Waals surface area contributed by atoms with Crippen molar-refractivity contribution in [2.75, 3.05) is 0 Å². The molecule has 0 atom stereocenters. The lowest BCUT2D eigenvalue weighted by molar-refractivity contribution is -0.207. The molecule has 0 radical (unpaired) electrons. The Kier molecular flexibility index (Phi) is 2.95. The van der Waals surface area contributed by atoms with Gasteiger partial charge in [0.05, 0.1) is 0 Å². The van der Waals surface area contributed by atoms with E-state index in [1.165, 1.54) is 51.4 Å². The van der Waals surface area contributed by atoms with Crippen LogP contribution in [0.15, 0.2) is 0 Å². The van der Waals surface area contributed by atoms with E-state index in [-0.39, 0.29) is 11.6 Å². The molecule has 4 bridgehead atoms. The highest BCUT2D eigenvalue weighted by atomic mass is 16.6. The molecule has 0 N–H and O–H groups in total. The minimum Gasteiger partial charge on any atom is -0.458 e. The predicted molar refractivity (Wildman–Crippen MR) is 78.2 cm³/mol. The molecule has 0 aromatic rings. The molecule has 0 saturated heterocycles. The van der Waals surface area contributed by atoms with Crippen LogP contribution in [0.4, 0.5) is 0 Å². The van der Waals surface area contributed by atoms with Gasteiger partial charge >= 0.3 is 5.97 Å². The van der Waals surface area contributed by atoms with E-state index in [1.54, 1.807) is 0 Å². The van der Waals surface area contributed by atoms with E-state index < -0.39 is 0 Å². The maximum Gasteiger partial charge on any atom is 0.306 e. The van der Waals surface area contributed by atoms with Gasteiger partial charge in [-0.2, -0.15) is 0 Å². The van der Waals surface area contributed by atoms with E-state index in [9.17, 15) is 4.79 Å². The van der Waals surface area contributed by atoms with Crippen molar-refractivity contribution in [1.29, 1.82) is 0 Å². The molecule has 2 heteroatoms. The summed E-state index contributed by atoms with van der Waals surface area (Å²) < 4.78 is 6.19. The molecule has 0 spiro atoms. The third kappa shape index (κ3) is 1.79. The Morgan fingerprint density at radius 1 is 1.00 bits per heavy atom. The van der Waals surface area contributed by atoms with Crippen LogP contribution < -0.4 is 0 Å². The first-order valence-corrected chi connectivity index (χ1v) is 8.87. The number of hydrogen-bond acceptors (Lipinski definition) is 2. The first-order valence-electron chi connectivity index (χ1n) is 8.87. The van der Waals surface area contributed by atoms with Gasteiger partial charge in [-0.25, -0.2) is 0 Å². The van der Waals surface area contributed by atoms with Crippen LogP contribution in [0.25, 0.3) is 0 Å². The summed E-state index contributed by atoms with van der Waals surface area (Å²) in [5.41, 5.74) is 0.291. The van der Waals surface area contributed by atoms with Crippen molar-refractivity contribution in [3.63, 3.8) is 0 Å². The van der Waals surface area contributed by atoms with E-state index >= 15 is 0 Å². The quantitative estimate of drug-likeness (QED) is 0.711. The van der Waals surface area contributed by atoms with Gasteiger partial charge in [0, 0.05) is 11.8 Å². The van der Waals surface area contributed by atoms with Gasteiger partial charge in [0.15, 0.2) is 0 Å². The van der Waals surface area contributed by atoms with Crippen molar-refractivity contribution in [3.8, 4) is 0 Å². The summed E-state index contributed by atoms with van der Waals surface area (Å²) in [6.07, 6.45) is 13.8. The molecule has 0 heterocycles. The second kappa shape index (κ2) is 4.48. The highest BCUT2D eigenvalue weighted by molar-refractivity contribution is 5.69. The molecule has 5 aliphatic carbocycles. The Labute approximate surface area is 122 Å². The number of rotatable bonds is 3. The SMILES string of the molecule is CCC(=O)OC1(C23CC4CC(CC(C4)C2)C3)CCCC1. The lowest BCUT2D eigenvalue weighted by Crippen LogP contribution is -2.58. The molecule has 20 heavy (non-hydrogen) atoms. The van der Waals surface area contributed by atoms with Crippen molar-refractivity contribution < 1.29 is 9.53 Å². The van der Waals surface area contributed by atoms with Crippen LogP contribution in [0.2, 0.25) is 0 Å². The standard InChI is InChI=1S/C18H28O2/c1-2-16(19)20-18(5-3-4-6-18)17-10-13-7-14(11-17)9-15(8-13)12-17/h13-15H,2-12H2,1H3. The Morgan fingerprint density at radius 3 is 1.95 bits per heavy atom. The van der Waals surface area contributed by atoms with E-state index in [0.717, 1.165) is 30.6 Å². The first kappa shape index (κ1) is 13.2. The van der Waals surface area contributed by atoms with Gasteiger partial charge in [-0.05, 0) is 82.0 Å². The zero-order chi connectivity index (χ0) is 13.8. The number of esters is 1. The molecule has 112 valence electrons. The maximum atomic E-state index is 12.0. The van der Waals surface area contributed by atoms with Crippen LogP contribution in [-0.4, -0.2) is 11.6 Å². The summed E-state index contributed by atoms with van der Waals surface area (Å²) in [7, 11) is 0. The number of carbonyl (C=O) groups is 1. The molecule has 2 nitrogen and oxygen atoms in total. The minimum atomic E-state index is -0.0733. The summed E-state index contributed by atoms with van der Waals surface area (Å²) in [5.74, 6) is 2.87. The highest BCUT2D eigenvalue weighted by Gasteiger charge is 2.62. The molecule has 0 aromatic carbocycles. The lowest BCUT2D eigenvalue weighted by Gasteiger charge is -2.62. The molecule has 5 fully saturated rings. The van der Waals surface area contributed by atoms with Gasteiger partial charge in [-0.3, -0.25) is 4.79 Å². The predicted octanol–water partition coefficient (Wildman–Crippen LogP) is 4.47.